The summed E-state index contributed by atoms with van der Waals surface area (Å²) in [5.74, 6) is 0.627. The Hall–Kier alpha value is -1.01. The molecule has 1 fully saturated rings. The predicted octanol–water partition coefficient (Wildman–Crippen LogP) is 0.508. The molecule has 2 rings (SSSR count). The van der Waals surface area contributed by atoms with Crippen molar-refractivity contribution in [3.05, 3.63) is 12.4 Å². The van der Waals surface area contributed by atoms with Crippen molar-refractivity contribution < 1.29 is 4.79 Å². The number of primary amides is 1. The van der Waals surface area contributed by atoms with Gasteiger partial charge >= 0.3 is 0 Å². The first kappa shape index (κ1) is 12.4. The maximum atomic E-state index is 11.2. The largest absolute Gasteiger partial charge is 0.368 e. The number of nitrogens with two attached hydrogens (primary N) is 1. The summed E-state index contributed by atoms with van der Waals surface area (Å²) < 4.78 is 1.77. The van der Waals surface area contributed by atoms with Crippen molar-refractivity contribution in [2.75, 3.05) is 5.75 Å². The van der Waals surface area contributed by atoms with Crippen LogP contribution >= 0.6 is 11.8 Å². The average molecular weight is 254 g/mol. The van der Waals surface area contributed by atoms with E-state index < -0.39 is 0 Å². The fourth-order valence-electron chi connectivity index (χ4n) is 1.61. The minimum atomic E-state index is -0.247. The first-order valence-corrected chi connectivity index (χ1v) is 6.80. The van der Waals surface area contributed by atoms with Crippen LogP contribution in [0, 0.1) is 0 Å². The van der Waals surface area contributed by atoms with Crippen molar-refractivity contribution in [1.82, 2.24) is 15.1 Å². The third-order valence-electron chi connectivity index (χ3n) is 2.71. The number of carbonyl (C=O) groups is 1. The number of hydrogen-bond acceptors (Lipinski definition) is 4. The van der Waals surface area contributed by atoms with Gasteiger partial charge in [0.2, 0.25) is 5.91 Å². The number of amides is 1. The zero-order chi connectivity index (χ0) is 12.3. The molecule has 6 heteroatoms. The Labute approximate surface area is 105 Å². The van der Waals surface area contributed by atoms with E-state index in [1.807, 2.05) is 19.4 Å². The van der Waals surface area contributed by atoms with Crippen molar-refractivity contribution in [3.63, 3.8) is 0 Å². The molecule has 5 nitrogen and oxygen atoms in total. The third-order valence-corrected chi connectivity index (χ3v) is 3.70. The van der Waals surface area contributed by atoms with E-state index in [0.717, 1.165) is 17.1 Å². The minimum absolute atomic E-state index is 0.188. The zero-order valence-electron chi connectivity index (χ0n) is 9.93. The standard InChI is InChI=1S/C11H18N4OS/c1-15-7-9(6-13-15)17-5-4-10(11(12)16)14-8-2-3-8/h6-8,10,14H,2-5H2,1H3,(H2,12,16). The molecule has 1 amide bonds. The van der Waals surface area contributed by atoms with E-state index in [1.54, 1.807) is 16.4 Å². The fraction of sp³-hybridized carbons (Fsp3) is 0.636. The Kier molecular flexibility index (Phi) is 4.06. The summed E-state index contributed by atoms with van der Waals surface area (Å²) >= 11 is 1.70. The van der Waals surface area contributed by atoms with Gasteiger partial charge in [-0.3, -0.25) is 9.48 Å². The third kappa shape index (κ3) is 4.05. The number of hydrogen-bond donors (Lipinski definition) is 2. The van der Waals surface area contributed by atoms with E-state index in [-0.39, 0.29) is 11.9 Å². The molecular weight excluding hydrogens is 236 g/mol. The van der Waals surface area contributed by atoms with Gasteiger partial charge in [0, 0.05) is 29.9 Å². The Bertz CT molecular complexity index is 389. The van der Waals surface area contributed by atoms with E-state index in [1.165, 1.54) is 12.8 Å². The van der Waals surface area contributed by atoms with Crippen LogP contribution in [0.5, 0.6) is 0 Å². The van der Waals surface area contributed by atoms with E-state index in [9.17, 15) is 4.79 Å². The molecule has 1 aromatic heterocycles. The van der Waals surface area contributed by atoms with Gasteiger partial charge in [0.05, 0.1) is 12.2 Å². The van der Waals surface area contributed by atoms with Crippen LogP contribution in [0.1, 0.15) is 19.3 Å². The average Bonchev–Trinajstić information content (AvgIpc) is 3.00. The van der Waals surface area contributed by atoms with Crippen LogP contribution in [-0.4, -0.2) is 33.5 Å². The number of rotatable bonds is 7. The van der Waals surface area contributed by atoms with Crippen LogP contribution < -0.4 is 11.1 Å². The molecule has 0 aliphatic heterocycles. The van der Waals surface area contributed by atoms with Crippen molar-refractivity contribution in [1.29, 1.82) is 0 Å². The van der Waals surface area contributed by atoms with Gasteiger partial charge in [-0.25, -0.2) is 0 Å². The number of thioether (sulfide) groups is 1. The van der Waals surface area contributed by atoms with Gasteiger partial charge in [-0.05, 0) is 19.3 Å². The molecular formula is C11H18N4OS. The molecule has 1 aliphatic rings. The quantitative estimate of drug-likeness (QED) is 0.695. The Morgan fingerprint density at radius 2 is 2.53 bits per heavy atom. The normalized spacial score (nSPS) is 17.0. The molecule has 1 aromatic rings. The predicted molar refractivity (Wildman–Crippen MR) is 67.7 cm³/mol. The lowest BCUT2D eigenvalue weighted by Crippen LogP contribution is -2.42. The Morgan fingerprint density at radius 3 is 3.06 bits per heavy atom. The van der Waals surface area contributed by atoms with Crippen LogP contribution in [0.15, 0.2) is 17.3 Å². The molecule has 0 aromatic carbocycles. The molecule has 0 radical (unpaired) electrons. The van der Waals surface area contributed by atoms with E-state index in [2.05, 4.69) is 10.4 Å². The maximum absolute atomic E-state index is 11.2. The summed E-state index contributed by atoms with van der Waals surface area (Å²) in [5, 5.41) is 7.37. The van der Waals surface area contributed by atoms with Crippen LogP contribution in [-0.2, 0) is 11.8 Å². The molecule has 17 heavy (non-hydrogen) atoms. The molecule has 1 atom stereocenters. The lowest BCUT2D eigenvalue weighted by Gasteiger charge is -2.14. The SMILES string of the molecule is Cn1cc(SCCC(NC2CC2)C(N)=O)cn1. The molecule has 0 saturated heterocycles. The van der Waals surface area contributed by atoms with Gasteiger partial charge in [-0.15, -0.1) is 11.8 Å². The van der Waals surface area contributed by atoms with Gasteiger partial charge in [-0.2, -0.15) is 5.10 Å². The fourth-order valence-corrected chi connectivity index (χ4v) is 2.55. The van der Waals surface area contributed by atoms with Crippen molar-refractivity contribution in [2.24, 2.45) is 12.8 Å². The number of nitrogens with zero attached hydrogens (tertiary/aromatic N) is 2. The lowest BCUT2D eigenvalue weighted by molar-refractivity contribution is -0.120. The van der Waals surface area contributed by atoms with Gasteiger partial charge in [0.15, 0.2) is 0 Å². The van der Waals surface area contributed by atoms with Crippen LogP contribution in [0.4, 0.5) is 0 Å². The lowest BCUT2D eigenvalue weighted by atomic mass is 10.2. The molecule has 94 valence electrons. The number of aromatic nitrogens is 2. The Balaban J connectivity index is 1.72. The number of aryl methyl sites for hydroxylation is 1. The molecule has 1 aliphatic carbocycles. The van der Waals surface area contributed by atoms with Crippen molar-refractivity contribution >= 4 is 17.7 Å². The van der Waals surface area contributed by atoms with Crippen LogP contribution in [0.3, 0.4) is 0 Å². The summed E-state index contributed by atoms with van der Waals surface area (Å²) in [6, 6.07) is 0.322. The molecule has 1 unspecified atom stereocenters. The number of carbonyl (C=O) groups excluding carboxylic acids is 1. The van der Waals surface area contributed by atoms with Gasteiger partial charge < -0.3 is 11.1 Å². The molecule has 1 heterocycles. The smallest absolute Gasteiger partial charge is 0.234 e. The van der Waals surface area contributed by atoms with E-state index in [0.29, 0.717) is 6.04 Å². The van der Waals surface area contributed by atoms with Gasteiger partial charge in [0.25, 0.3) is 0 Å². The zero-order valence-corrected chi connectivity index (χ0v) is 10.7. The van der Waals surface area contributed by atoms with Crippen molar-refractivity contribution in [3.8, 4) is 0 Å². The highest BCUT2D eigenvalue weighted by molar-refractivity contribution is 7.99. The molecule has 0 spiro atoms. The van der Waals surface area contributed by atoms with E-state index in [4.69, 9.17) is 5.73 Å². The van der Waals surface area contributed by atoms with Crippen molar-refractivity contribution in [2.45, 2.75) is 36.2 Å². The molecule has 1 saturated carbocycles. The highest BCUT2D eigenvalue weighted by atomic mass is 32.2. The molecule has 0 bridgehead atoms. The molecule has 3 N–H and O–H groups in total. The van der Waals surface area contributed by atoms with Gasteiger partial charge in [-0.1, -0.05) is 0 Å². The van der Waals surface area contributed by atoms with Crippen LogP contribution in [0.25, 0.3) is 0 Å². The second kappa shape index (κ2) is 5.55. The maximum Gasteiger partial charge on any atom is 0.234 e. The first-order chi connectivity index (χ1) is 8.15. The minimum Gasteiger partial charge on any atom is -0.368 e. The summed E-state index contributed by atoms with van der Waals surface area (Å²) in [6.45, 7) is 0. The summed E-state index contributed by atoms with van der Waals surface area (Å²) in [7, 11) is 1.89. The summed E-state index contributed by atoms with van der Waals surface area (Å²) in [6.07, 6.45) is 6.90. The highest BCUT2D eigenvalue weighted by Crippen LogP contribution is 2.22. The summed E-state index contributed by atoms with van der Waals surface area (Å²) in [4.78, 5) is 12.4. The first-order valence-electron chi connectivity index (χ1n) is 5.82. The summed E-state index contributed by atoms with van der Waals surface area (Å²) in [5.41, 5.74) is 5.37. The van der Waals surface area contributed by atoms with Crippen LogP contribution in [0.2, 0.25) is 0 Å². The number of nitrogens with one attached hydrogen (secondary N) is 1. The second-order valence-electron chi connectivity index (χ2n) is 4.38. The Morgan fingerprint density at radius 1 is 1.76 bits per heavy atom. The monoisotopic (exact) mass is 254 g/mol. The second-order valence-corrected chi connectivity index (χ2v) is 5.55. The van der Waals surface area contributed by atoms with E-state index >= 15 is 0 Å². The van der Waals surface area contributed by atoms with Gasteiger partial charge in [0.1, 0.15) is 0 Å². The topological polar surface area (TPSA) is 72.9 Å². The highest BCUT2D eigenvalue weighted by Gasteiger charge is 2.26.